The first-order valence-corrected chi connectivity index (χ1v) is 8.90. The number of hydrogen-bond donors (Lipinski definition) is 1. The Balaban J connectivity index is 1.98. The van der Waals surface area contributed by atoms with Gasteiger partial charge in [-0.05, 0) is 60.1 Å². The zero-order valence-corrected chi connectivity index (χ0v) is 15.0. The summed E-state index contributed by atoms with van der Waals surface area (Å²) in [5.74, 6) is -0.288. The molecule has 1 aromatic carbocycles. The van der Waals surface area contributed by atoms with Crippen LogP contribution in [0.15, 0.2) is 64.7 Å². The van der Waals surface area contributed by atoms with E-state index in [1.54, 1.807) is 24.5 Å². The van der Waals surface area contributed by atoms with Crippen LogP contribution >= 0.6 is 11.8 Å². The maximum Gasteiger partial charge on any atom is 0.446 e. The Morgan fingerprint density at radius 1 is 1.15 bits per heavy atom. The topological polar surface area (TPSA) is 60.0 Å². The van der Waals surface area contributed by atoms with E-state index in [-0.39, 0.29) is 34.3 Å². The third kappa shape index (κ3) is 4.19. The lowest BCUT2D eigenvalue weighted by atomic mass is 10.1. The van der Waals surface area contributed by atoms with E-state index in [2.05, 4.69) is 4.98 Å². The second-order valence-electron chi connectivity index (χ2n) is 5.76. The molecule has 27 heavy (non-hydrogen) atoms. The van der Waals surface area contributed by atoms with Crippen molar-refractivity contribution in [1.82, 2.24) is 14.1 Å². The van der Waals surface area contributed by atoms with Crippen LogP contribution in [0.4, 0.5) is 13.2 Å². The highest BCUT2D eigenvalue weighted by molar-refractivity contribution is 8.00. The molecule has 0 radical (unpaired) electrons. The lowest BCUT2D eigenvalue weighted by Crippen LogP contribution is -2.26. The summed E-state index contributed by atoms with van der Waals surface area (Å²) in [4.78, 5) is 16.8. The van der Waals surface area contributed by atoms with E-state index in [1.807, 2.05) is 6.92 Å². The summed E-state index contributed by atoms with van der Waals surface area (Å²) in [6, 6.07) is 8.54. The van der Waals surface area contributed by atoms with Gasteiger partial charge >= 0.3 is 11.2 Å². The second kappa shape index (κ2) is 7.51. The molecule has 0 spiro atoms. The van der Waals surface area contributed by atoms with E-state index in [4.69, 9.17) is 0 Å². The van der Waals surface area contributed by atoms with Gasteiger partial charge in [-0.25, -0.2) is 9.36 Å². The van der Waals surface area contributed by atoms with Crippen molar-refractivity contribution in [3.05, 3.63) is 71.0 Å². The first-order chi connectivity index (χ1) is 12.8. The van der Waals surface area contributed by atoms with Crippen LogP contribution in [0.1, 0.15) is 24.9 Å². The van der Waals surface area contributed by atoms with Gasteiger partial charge in [-0.3, -0.25) is 9.55 Å². The lowest BCUT2D eigenvalue weighted by Gasteiger charge is -2.15. The van der Waals surface area contributed by atoms with E-state index < -0.39 is 11.2 Å². The number of imidazole rings is 1. The molecule has 5 nitrogen and oxygen atoms in total. The van der Waals surface area contributed by atoms with Crippen LogP contribution in [-0.2, 0) is 0 Å². The van der Waals surface area contributed by atoms with Gasteiger partial charge in [0, 0.05) is 17.3 Å². The number of alkyl halides is 3. The minimum atomic E-state index is -4.39. The van der Waals surface area contributed by atoms with E-state index in [9.17, 15) is 23.1 Å². The number of aromatic nitrogens is 3. The summed E-state index contributed by atoms with van der Waals surface area (Å²) in [6.45, 7) is 1.91. The zero-order valence-electron chi connectivity index (χ0n) is 14.2. The van der Waals surface area contributed by atoms with E-state index >= 15 is 0 Å². The van der Waals surface area contributed by atoms with Gasteiger partial charge < -0.3 is 5.11 Å². The molecule has 0 aliphatic rings. The highest BCUT2D eigenvalue weighted by Crippen LogP contribution is 2.37. The minimum Gasteiger partial charge on any atom is -0.493 e. The molecule has 2 aromatic heterocycles. The molecule has 0 saturated heterocycles. The summed E-state index contributed by atoms with van der Waals surface area (Å²) in [5.41, 5.74) is -3.72. The van der Waals surface area contributed by atoms with Crippen molar-refractivity contribution in [3.63, 3.8) is 0 Å². The van der Waals surface area contributed by atoms with E-state index in [1.165, 1.54) is 35.0 Å². The average molecular weight is 395 g/mol. The molecule has 9 heteroatoms. The van der Waals surface area contributed by atoms with E-state index in [0.29, 0.717) is 6.42 Å². The van der Waals surface area contributed by atoms with Crippen molar-refractivity contribution in [2.45, 2.75) is 29.8 Å². The Morgan fingerprint density at radius 2 is 1.78 bits per heavy atom. The molecule has 0 amide bonds. The Hall–Kier alpha value is -2.68. The molecule has 1 unspecified atom stereocenters. The van der Waals surface area contributed by atoms with Gasteiger partial charge in [-0.2, -0.15) is 13.2 Å². The third-order valence-electron chi connectivity index (χ3n) is 4.04. The predicted molar refractivity (Wildman–Crippen MR) is 96.3 cm³/mol. The molecule has 3 aromatic rings. The molecule has 1 atom stereocenters. The number of hydrogen-bond acceptors (Lipinski definition) is 4. The van der Waals surface area contributed by atoms with Crippen LogP contribution in [0.25, 0.3) is 5.69 Å². The van der Waals surface area contributed by atoms with E-state index in [0.717, 1.165) is 10.1 Å². The third-order valence-corrected chi connectivity index (χ3v) is 4.78. The molecule has 0 bridgehead atoms. The molecular weight excluding hydrogens is 379 g/mol. The fourth-order valence-electron chi connectivity index (χ4n) is 2.89. The summed E-state index contributed by atoms with van der Waals surface area (Å²) < 4.78 is 39.8. The van der Waals surface area contributed by atoms with Crippen molar-refractivity contribution < 1.29 is 18.3 Å². The highest BCUT2D eigenvalue weighted by atomic mass is 32.2. The van der Waals surface area contributed by atoms with Gasteiger partial charge in [-0.15, -0.1) is 0 Å². The predicted octanol–water partition coefficient (Wildman–Crippen LogP) is 4.35. The Kier molecular flexibility index (Phi) is 5.31. The SMILES string of the molecule is CCC(c1ccncc1)n1cc(O)n(-c2ccc(SC(F)(F)F)cc2)c1=O. The fourth-order valence-corrected chi connectivity index (χ4v) is 3.43. The monoisotopic (exact) mass is 395 g/mol. The molecular formula is C18H16F3N3O2S. The maximum absolute atomic E-state index is 12.8. The van der Waals surface area contributed by atoms with Crippen molar-refractivity contribution in [3.8, 4) is 11.6 Å². The molecule has 0 aliphatic heterocycles. The van der Waals surface area contributed by atoms with Crippen molar-refractivity contribution in [2.24, 2.45) is 0 Å². The van der Waals surface area contributed by atoms with Crippen molar-refractivity contribution >= 4 is 11.8 Å². The number of aromatic hydroxyl groups is 1. The molecule has 3 rings (SSSR count). The summed E-state index contributed by atoms with van der Waals surface area (Å²) >= 11 is -0.237. The van der Waals surface area contributed by atoms with Gasteiger partial charge in [-0.1, -0.05) is 6.92 Å². The average Bonchev–Trinajstić information content (AvgIpc) is 2.91. The van der Waals surface area contributed by atoms with Crippen LogP contribution < -0.4 is 5.69 Å². The van der Waals surface area contributed by atoms with Gasteiger partial charge in [0.05, 0.1) is 17.9 Å². The summed E-state index contributed by atoms with van der Waals surface area (Å²) in [7, 11) is 0. The standard InChI is InChI=1S/C18H16F3N3O2S/c1-2-15(12-7-9-22-10-8-12)23-11-16(25)24(17(23)26)13-3-5-14(6-4-13)27-18(19,20)21/h3-11,15,25H,2H2,1H3. The number of thioether (sulfide) groups is 1. The zero-order chi connectivity index (χ0) is 19.6. The summed E-state index contributed by atoms with van der Waals surface area (Å²) in [6.07, 6.45) is 5.18. The molecule has 142 valence electrons. The number of rotatable bonds is 5. The van der Waals surface area contributed by atoms with Crippen LogP contribution in [0.5, 0.6) is 5.88 Å². The van der Waals surface area contributed by atoms with Gasteiger partial charge in [0.1, 0.15) is 0 Å². The van der Waals surface area contributed by atoms with Gasteiger partial charge in [0.25, 0.3) is 0 Å². The normalized spacial score (nSPS) is 12.9. The number of halogens is 3. The largest absolute Gasteiger partial charge is 0.493 e. The number of nitrogens with zero attached hydrogens (tertiary/aromatic N) is 3. The molecule has 0 fully saturated rings. The first-order valence-electron chi connectivity index (χ1n) is 8.09. The molecule has 1 N–H and O–H groups in total. The van der Waals surface area contributed by atoms with Crippen LogP contribution in [-0.4, -0.2) is 24.7 Å². The highest BCUT2D eigenvalue weighted by Gasteiger charge is 2.29. The Morgan fingerprint density at radius 3 is 2.33 bits per heavy atom. The molecule has 0 aliphatic carbocycles. The Bertz CT molecular complexity index is 966. The van der Waals surface area contributed by atoms with Gasteiger partial charge in [0.15, 0.2) is 0 Å². The molecule has 0 saturated carbocycles. The molecule has 2 heterocycles. The number of pyridine rings is 1. The fraction of sp³-hybridized carbons (Fsp3) is 0.222. The first kappa shape index (κ1) is 19.1. The van der Waals surface area contributed by atoms with Crippen LogP contribution in [0, 0.1) is 0 Å². The number of benzene rings is 1. The maximum atomic E-state index is 12.8. The van der Waals surface area contributed by atoms with Crippen molar-refractivity contribution in [2.75, 3.05) is 0 Å². The minimum absolute atomic E-state index is 0.00133. The second-order valence-corrected chi connectivity index (χ2v) is 6.90. The summed E-state index contributed by atoms with van der Waals surface area (Å²) in [5, 5.41) is 10.3. The van der Waals surface area contributed by atoms with Crippen LogP contribution in [0.2, 0.25) is 0 Å². The van der Waals surface area contributed by atoms with Gasteiger partial charge in [0.2, 0.25) is 5.88 Å². The quantitative estimate of drug-likeness (QED) is 0.653. The van der Waals surface area contributed by atoms with Crippen LogP contribution in [0.3, 0.4) is 0 Å². The Labute approximate surface area is 157 Å². The van der Waals surface area contributed by atoms with Crippen molar-refractivity contribution in [1.29, 1.82) is 0 Å². The lowest BCUT2D eigenvalue weighted by molar-refractivity contribution is -0.0328. The smallest absolute Gasteiger partial charge is 0.446 e.